The number of carboxylic acids is 2. The average molecular weight is 435 g/mol. The number of hydrogen-bond donors (Lipinski definition) is 7. The van der Waals surface area contributed by atoms with Crippen molar-refractivity contribution < 1.29 is 34.2 Å². The Morgan fingerprint density at radius 3 is 2.00 bits per heavy atom. The highest BCUT2D eigenvalue weighted by atomic mass is 32.1. The summed E-state index contributed by atoms with van der Waals surface area (Å²) in [7, 11) is 0. The minimum absolute atomic E-state index is 0.0883. The van der Waals surface area contributed by atoms with Crippen LogP contribution in [-0.2, 0) is 24.0 Å². The van der Waals surface area contributed by atoms with Gasteiger partial charge in [0.2, 0.25) is 17.7 Å². The van der Waals surface area contributed by atoms with Crippen LogP contribution in [0.5, 0.6) is 0 Å². The van der Waals surface area contributed by atoms with E-state index in [2.05, 4.69) is 28.6 Å². The van der Waals surface area contributed by atoms with Gasteiger partial charge in [-0.05, 0) is 19.3 Å². The van der Waals surface area contributed by atoms with E-state index in [0.29, 0.717) is 6.42 Å². The first-order chi connectivity index (χ1) is 13.4. The molecule has 5 unspecified atom stereocenters. The Labute approximate surface area is 174 Å². The molecule has 0 aliphatic carbocycles. The molecule has 0 aromatic heterocycles. The second-order valence-corrected chi connectivity index (χ2v) is 7.09. The molecule has 0 heterocycles. The molecule has 0 saturated carbocycles. The van der Waals surface area contributed by atoms with Crippen molar-refractivity contribution in [3.05, 3.63) is 0 Å². The molecular weight excluding hydrogens is 404 g/mol. The van der Waals surface area contributed by atoms with Gasteiger partial charge >= 0.3 is 11.9 Å². The molecule has 7 N–H and O–H groups in total. The zero-order valence-electron chi connectivity index (χ0n) is 16.7. The van der Waals surface area contributed by atoms with E-state index >= 15 is 0 Å². The predicted molar refractivity (Wildman–Crippen MR) is 107 cm³/mol. The van der Waals surface area contributed by atoms with Gasteiger partial charge in [-0.3, -0.25) is 19.2 Å². The number of aliphatic carboxylic acids is 2. The lowest BCUT2D eigenvalue weighted by Crippen LogP contribution is -2.58. The molecule has 0 aromatic rings. The first-order valence-electron chi connectivity index (χ1n) is 9.16. The van der Waals surface area contributed by atoms with Gasteiger partial charge in [0.1, 0.15) is 18.1 Å². The van der Waals surface area contributed by atoms with Crippen molar-refractivity contribution in [2.75, 3.05) is 5.75 Å². The van der Waals surface area contributed by atoms with Crippen molar-refractivity contribution in [2.45, 2.75) is 64.2 Å². The van der Waals surface area contributed by atoms with Gasteiger partial charge in [0.15, 0.2) is 0 Å². The largest absolute Gasteiger partial charge is 0.481 e. The number of thiol groups is 1. The molecule has 0 radical (unpaired) electrons. The molecule has 0 aliphatic rings. The van der Waals surface area contributed by atoms with Crippen molar-refractivity contribution in [3.63, 3.8) is 0 Å². The summed E-state index contributed by atoms with van der Waals surface area (Å²) < 4.78 is 0. The standard InChI is InChI=1S/C17H30N4O7S/c1-4-8(2)13(16(26)20-11(17(27)28)5-6-12(22)23)21-14(24)9(3)19-15(25)10(18)7-29/h8-11,13,29H,4-7,18H2,1-3H3,(H,19,25)(H,20,26)(H,21,24)(H,22,23)(H,27,28). The number of hydrogen-bond acceptors (Lipinski definition) is 7. The van der Waals surface area contributed by atoms with Crippen molar-refractivity contribution in [3.8, 4) is 0 Å². The summed E-state index contributed by atoms with van der Waals surface area (Å²) in [6.07, 6.45) is -0.242. The Kier molecular flexibility index (Phi) is 11.9. The van der Waals surface area contributed by atoms with Crippen LogP contribution in [0.1, 0.15) is 40.0 Å². The van der Waals surface area contributed by atoms with E-state index in [-0.39, 0.29) is 18.1 Å². The zero-order chi connectivity index (χ0) is 22.7. The number of carboxylic acid groups (broad SMARTS) is 2. The third kappa shape index (κ3) is 9.61. The molecule has 0 aromatic carbocycles. The highest BCUT2D eigenvalue weighted by Gasteiger charge is 2.31. The van der Waals surface area contributed by atoms with Gasteiger partial charge in [-0.1, -0.05) is 20.3 Å². The molecular formula is C17H30N4O7S. The molecule has 0 spiro atoms. The Balaban J connectivity index is 5.16. The van der Waals surface area contributed by atoms with Crippen molar-refractivity contribution >= 4 is 42.3 Å². The molecule has 0 fully saturated rings. The number of rotatable bonds is 13. The van der Waals surface area contributed by atoms with Gasteiger partial charge in [-0.25, -0.2) is 4.79 Å². The SMILES string of the molecule is CCC(C)C(NC(=O)C(C)NC(=O)C(N)CS)C(=O)NC(CCC(=O)O)C(=O)O. The van der Waals surface area contributed by atoms with E-state index in [1.807, 2.05) is 0 Å². The molecule has 5 atom stereocenters. The lowest BCUT2D eigenvalue weighted by molar-refractivity contribution is -0.143. The van der Waals surface area contributed by atoms with Crippen molar-refractivity contribution in [2.24, 2.45) is 11.7 Å². The summed E-state index contributed by atoms with van der Waals surface area (Å²) in [5.41, 5.74) is 5.54. The van der Waals surface area contributed by atoms with Crippen LogP contribution in [0.2, 0.25) is 0 Å². The van der Waals surface area contributed by atoms with E-state index < -0.39 is 60.2 Å². The average Bonchev–Trinajstić information content (AvgIpc) is 2.66. The fourth-order valence-corrected chi connectivity index (χ4v) is 2.40. The number of carbonyl (C=O) groups excluding carboxylic acids is 3. The van der Waals surface area contributed by atoms with Gasteiger partial charge in [0.25, 0.3) is 0 Å². The van der Waals surface area contributed by atoms with Crippen LogP contribution in [0.3, 0.4) is 0 Å². The predicted octanol–water partition coefficient (Wildman–Crippen LogP) is -1.29. The summed E-state index contributed by atoms with van der Waals surface area (Å²) in [5, 5.41) is 25.1. The van der Waals surface area contributed by atoms with Crippen LogP contribution in [0, 0.1) is 5.92 Å². The van der Waals surface area contributed by atoms with Crippen molar-refractivity contribution in [1.29, 1.82) is 0 Å². The van der Waals surface area contributed by atoms with Crippen LogP contribution < -0.4 is 21.7 Å². The summed E-state index contributed by atoms with van der Waals surface area (Å²) in [6, 6.07) is -4.37. The van der Waals surface area contributed by atoms with Gasteiger partial charge in [0.05, 0.1) is 6.04 Å². The van der Waals surface area contributed by atoms with Crippen molar-refractivity contribution in [1.82, 2.24) is 16.0 Å². The Morgan fingerprint density at radius 2 is 1.55 bits per heavy atom. The lowest BCUT2D eigenvalue weighted by Gasteiger charge is -2.27. The van der Waals surface area contributed by atoms with Crippen LogP contribution in [0.15, 0.2) is 0 Å². The van der Waals surface area contributed by atoms with Crippen LogP contribution in [0.25, 0.3) is 0 Å². The molecule has 29 heavy (non-hydrogen) atoms. The fraction of sp³-hybridized carbons (Fsp3) is 0.706. The molecule has 0 aliphatic heterocycles. The Bertz CT molecular complexity index is 617. The number of nitrogens with two attached hydrogens (primary N) is 1. The highest BCUT2D eigenvalue weighted by molar-refractivity contribution is 7.80. The maximum Gasteiger partial charge on any atom is 0.326 e. The second kappa shape index (κ2) is 13.0. The van der Waals surface area contributed by atoms with E-state index in [0.717, 1.165) is 0 Å². The van der Waals surface area contributed by atoms with Gasteiger partial charge < -0.3 is 31.9 Å². The highest BCUT2D eigenvalue weighted by Crippen LogP contribution is 2.10. The second-order valence-electron chi connectivity index (χ2n) is 6.72. The summed E-state index contributed by atoms with van der Waals surface area (Å²) in [6.45, 7) is 4.89. The van der Waals surface area contributed by atoms with E-state index in [1.165, 1.54) is 6.92 Å². The number of carbonyl (C=O) groups is 5. The minimum atomic E-state index is -1.41. The topological polar surface area (TPSA) is 188 Å². The normalized spacial score (nSPS) is 15.9. The molecule has 166 valence electrons. The third-order valence-electron chi connectivity index (χ3n) is 4.34. The molecule has 0 saturated heterocycles. The monoisotopic (exact) mass is 434 g/mol. The van der Waals surface area contributed by atoms with E-state index in [1.54, 1.807) is 13.8 Å². The van der Waals surface area contributed by atoms with Gasteiger partial charge in [-0.15, -0.1) is 0 Å². The van der Waals surface area contributed by atoms with Gasteiger partial charge in [0, 0.05) is 12.2 Å². The van der Waals surface area contributed by atoms with E-state index in [9.17, 15) is 29.1 Å². The van der Waals surface area contributed by atoms with Crippen LogP contribution >= 0.6 is 12.6 Å². The quantitative estimate of drug-likeness (QED) is 0.174. The molecule has 0 rings (SSSR count). The number of nitrogens with one attached hydrogen (secondary N) is 3. The van der Waals surface area contributed by atoms with Gasteiger partial charge in [-0.2, -0.15) is 12.6 Å². The molecule has 12 heteroatoms. The molecule has 11 nitrogen and oxygen atoms in total. The molecule has 3 amide bonds. The summed E-state index contributed by atoms with van der Waals surface area (Å²) in [5.74, 6) is -4.82. The minimum Gasteiger partial charge on any atom is -0.481 e. The first kappa shape index (κ1) is 26.7. The summed E-state index contributed by atoms with van der Waals surface area (Å²) >= 11 is 3.90. The maximum absolute atomic E-state index is 12.6. The van der Waals surface area contributed by atoms with E-state index in [4.69, 9.17) is 10.8 Å². The van der Waals surface area contributed by atoms with Crippen LogP contribution in [0.4, 0.5) is 0 Å². The fourth-order valence-electron chi connectivity index (χ4n) is 2.24. The lowest BCUT2D eigenvalue weighted by atomic mass is 9.97. The smallest absolute Gasteiger partial charge is 0.326 e. The maximum atomic E-state index is 12.6. The van der Waals surface area contributed by atoms with Crippen LogP contribution in [-0.4, -0.2) is 69.8 Å². The Morgan fingerprint density at radius 1 is 0.966 bits per heavy atom. The number of amides is 3. The third-order valence-corrected chi connectivity index (χ3v) is 4.73. The molecule has 0 bridgehead atoms. The Hall–Kier alpha value is -2.34. The summed E-state index contributed by atoms with van der Waals surface area (Å²) in [4.78, 5) is 58.7. The zero-order valence-corrected chi connectivity index (χ0v) is 17.6. The first-order valence-corrected chi connectivity index (χ1v) is 9.79.